The standard InChI is InChI=1S/C6H9N3O/c1-2-9-6(5-3-10-5)7-4-8-9/h4-5H,2-3H2,1H3/t5-/m0/s1. The summed E-state index contributed by atoms with van der Waals surface area (Å²) in [6, 6.07) is 0. The predicted molar refractivity (Wildman–Crippen MR) is 34.4 cm³/mol. The topological polar surface area (TPSA) is 43.2 Å². The summed E-state index contributed by atoms with van der Waals surface area (Å²) in [5.74, 6) is 0.961. The Morgan fingerprint density at radius 2 is 2.70 bits per heavy atom. The maximum Gasteiger partial charge on any atom is 0.158 e. The third kappa shape index (κ3) is 0.806. The van der Waals surface area contributed by atoms with Gasteiger partial charge < -0.3 is 4.74 Å². The van der Waals surface area contributed by atoms with Crippen molar-refractivity contribution >= 4 is 0 Å². The Balaban J connectivity index is 2.28. The molecule has 1 aliphatic heterocycles. The largest absolute Gasteiger partial charge is 0.365 e. The molecule has 1 aliphatic rings. The molecular formula is C6H9N3O. The van der Waals surface area contributed by atoms with Crippen LogP contribution in [0.2, 0.25) is 0 Å². The van der Waals surface area contributed by atoms with Crippen molar-refractivity contribution in [2.45, 2.75) is 19.6 Å². The van der Waals surface area contributed by atoms with Gasteiger partial charge in [0.1, 0.15) is 12.4 Å². The summed E-state index contributed by atoms with van der Waals surface area (Å²) < 4.78 is 6.93. The number of hydrogen-bond acceptors (Lipinski definition) is 3. The van der Waals surface area contributed by atoms with Gasteiger partial charge in [-0.2, -0.15) is 5.10 Å². The van der Waals surface area contributed by atoms with Crippen molar-refractivity contribution in [1.82, 2.24) is 14.8 Å². The Labute approximate surface area is 58.8 Å². The van der Waals surface area contributed by atoms with E-state index in [1.165, 1.54) is 0 Å². The summed E-state index contributed by atoms with van der Waals surface area (Å²) in [4.78, 5) is 4.08. The maximum absolute atomic E-state index is 5.07. The van der Waals surface area contributed by atoms with Crippen LogP contribution in [0.1, 0.15) is 18.9 Å². The van der Waals surface area contributed by atoms with Gasteiger partial charge in [-0.3, -0.25) is 0 Å². The molecule has 10 heavy (non-hydrogen) atoms. The highest BCUT2D eigenvalue weighted by Crippen LogP contribution is 2.27. The molecule has 1 saturated heterocycles. The van der Waals surface area contributed by atoms with E-state index in [4.69, 9.17) is 4.74 Å². The van der Waals surface area contributed by atoms with Gasteiger partial charge in [0.05, 0.1) is 6.61 Å². The Kier molecular flexibility index (Phi) is 1.20. The average molecular weight is 139 g/mol. The van der Waals surface area contributed by atoms with Gasteiger partial charge in [-0.1, -0.05) is 0 Å². The van der Waals surface area contributed by atoms with Crippen LogP contribution in [-0.4, -0.2) is 21.4 Å². The molecule has 0 spiro atoms. The second-order valence-corrected chi connectivity index (χ2v) is 2.26. The number of rotatable bonds is 2. The molecule has 1 fully saturated rings. The summed E-state index contributed by atoms with van der Waals surface area (Å²) in [6.07, 6.45) is 1.79. The molecule has 0 unspecified atom stereocenters. The zero-order valence-electron chi connectivity index (χ0n) is 5.82. The fourth-order valence-corrected chi connectivity index (χ4v) is 0.963. The van der Waals surface area contributed by atoms with Crippen molar-refractivity contribution in [3.05, 3.63) is 12.2 Å². The molecule has 54 valence electrons. The van der Waals surface area contributed by atoms with Crippen LogP contribution in [0.5, 0.6) is 0 Å². The highest BCUT2D eigenvalue weighted by atomic mass is 16.6. The van der Waals surface area contributed by atoms with E-state index in [0.717, 1.165) is 19.0 Å². The zero-order chi connectivity index (χ0) is 6.97. The highest BCUT2D eigenvalue weighted by Gasteiger charge is 2.29. The Bertz CT molecular complexity index is 229. The van der Waals surface area contributed by atoms with E-state index in [-0.39, 0.29) is 6.10 Å². The van der Waals surface area contributed by atoms with Crippen molar-refractivity contribution in [2.75, 3.05) is 6.61 Å². The van der Waals surface area contributed by atoms with Crippen molar-refractivity contribution in [2.24, 2.45) is 0 Å². The van der Waals surface area contributed by atoms with E-state index in [0.29, 0.717) is 0 Å². The predicted octanol–water partition coefficient (Wildman–Crippen LogP) is 0.369. The van der Waals surface area contributed by atoms with Crippen molar-refractivity contribution in [3.63, 3.8) is 0 Å². The summed E-state index contributed by atoms with van der Waals surface area (Å²) in [5, 5.41) is 4.02. The van der Waals surface area contributed by atoms with Gasteiger partial charge in [0.25, 0.3) is 0 Å². The molecule has 0 radical (unpaired) electrons. The lowest BCUT2D eigenvalue weighted by molar-refractivity contribution is 0.395. The zero-order valence-corrected chi connectivity index (χ0v) is 5.82. The molecule has 2 rings (SSSR count). The van der Waals surface area contributed by atoms with Gasteiger partial charge in [-0.05, 0) is 6.92 Å². The monoisotopic (exact) mass is 139 g/mol. The first-order valence-electron chi connectivity index (χ1n) is 3.41. The molecule has 4 nitrogen and oxygen atoms in total. The smallest absolute Gasteiger partial charge is 0.158 e. The SMILES string of the molecule is CCn1ncnc1[C@@H]1CO1. The first-order valence-corrected chi connectivity index (χ1v) is 3.41. The van der Waals surface area contributed by atoms with E-state index in [1.807, 2.05) is 11.6 Å². The van der Waals surface area contributed by atoms with Gasteiger partial charge in [-0.25, -0.2) is 9.67 Å². The molecule has 2 heterocycles. The van der Waals surface area contributed by atoms with Gasteiger partial charge >= 0.3 is 0 Å². The first kappa shape index (κ1) is 5.85. The second kappa shape index (κ2) is 2.05. The van der Waals surface area contributed by atoms with Gasteiger partial charge in [0, 0.05) is 6.54 Å². The number of hydrogen-bond donors (Lipinski definition) is 0. The van der Waals surface area contributed by atoms with E-state index < -0.39 is 0 Å². The highest BCUT2D eigenvalue weighted by molar-refractivity contribution is 4.96. The lowest BCUT2D eigenvalue weighted by atomic mass is 10.4. The Morgan fingerprint density at radius 3 is 3.30 bits per heavy atom. The van der Waals surface area contributed by atoms with E-state index in [1.54, 1.807) is 6.33 Å². The number of aromatic nitrogens is 3. The fraction of sp³-hybridized carbons (Fsp3) is 0.667. The van der Waals surface area contributed by atoms with Crippen molar-refractivity contribution in [3.8, 4) is 0 Å². The number of nitrogens with zero attached hydrogens (tertiary/aromatic N) is 3. The molecule has 0 N–H and O–H groups in total. The van der Waals surface area contributed by atoms with Gasteiger partial charge in [0.15, 0.2) is 5.82 Å². The van der Waals surface area contributed by atoms with E-state index in [2.05, 4.69) is 10.1 Å². The quantitative estimate of drug-likeness (QED) is 0.556. The van der Waals surface area contributed by atoms with Crippen LogP contribution in [0, 0.1) is 0 Å². The maximum atomic E-state index is 5.07. The summed E-state index contributed by atoms with van der Waals surface area (Å²) in [5.41, 5.74) is 0. The van der Waals surface area contributed by atoms with Crippen molar-refractivity contribution < 1.29 is 4.74 Å². The van der Waals surface area contributed by atoms with Crippen LogP contribution < -0.4 is 0 Å². The molecule has 1 atom stereocenters. The normalized spacial score (nSPS) is 23.1. The lowest BCUT2D eigenvalue weighted by Crippen LogP contribution is -2.02. The van der Waals surface area contributed by atoms with Crippen LogP contribution in [-0.2, 0) is 11.3 Å². The number of ether oxygens (including phenoxy) is 1. The number of aryl methyl sites for hydroxylation is 1. The molecule has 0 amide bonds. The fourth-order valence-electron chi connectivity index (χ4n) is 0.963. The van der Waals surface area contributed by atoms with Crippen LogP contribution in [0.3, 0.4) is 0 Å². The first-order chi connectivity index (χ1) is 4.92. The lowest BCUT2D eigenvalue weighted by Gasteiger charge is -1.96. The van der Waals surface area contributed by atoms with Crippen LogP contribution in [0.15, 0.2) is 6.33 Å². The van der Waals surface area contributed by atoms with Crippen LogP contribution in [0.4, 0.5) is 0 Å². The van der Waals surface area contributed by atoms with Crippen LogP contribution >= 0.6 is 0 Å². The third-order valence-corrected chi connectivity index (χ3v) is 1.57. The van der Waals surface area contributed by atoms with Gasteiger partial charge in [0.2, 0.25) is 0 Å². The molecule has 1 aromatic heterocycles. The van der Waals surface area contributed by atoms with Crippen LogP contribution in [0.25, 0.3) is 0 Å². The summed E-state index contributed by atoms with van der Waals surface area (Å²) >= 11 is 0. The van der Waals surface area contributed by atoms with E-state index >= 15 is 0 Å². The molecule has 0 bridgehead atoms. The molecule has 0 saturated carbocycles. The Morgan fingerprint density at radius 1 is 1.90 bits per heavy atom. The minimum Gasteiger partial charge on any atom is -0.365 e. The molecule has 0 aromatic carbocycles. The average Bonchev–Trinajstić information content (AvgIpc) is 2.69. The van der Waals surface area contributed by atoms with Crippen molar-refractivity contribution in [1.29, 1.82) is 0 Å². The molecule has 4 heteroatoms. The van der Waals surface area contributed by atoms with E-state index in [9.17, 15) is 0 Å². The second-order valence-electron chi connectivity index (χ2n) is 2.26. The molecular weight excluding hydrogens is 130 g/mol. The van der Waals surface area contributed by atoms with Gasteiger partial charge in [-0.15, -0.1) is 0 Å². The third-order valence-electron chi connectivity index (χ3n) is 1.57. The minimum absolute atomic E-state index is 0.224. The molecule has 0 aliphatic carbocycles. The molecule has 1 aromatic rings. The number of epoxide rings is 1. The summed E-state index contributed by atoms with van der Waals surface area (Å²) in [7, 11) is 0. The minimum atomic E-state index is 0.224. The Hall–Kier alpha value is -0.900. The summed E-state index contributed by atoms with van der Waals surface area (Å²) in [6.45, 7) is 3.72.